The van der Waals surface area contributed by atoms with Crippen LogP contribution >= 0.6 is 0 Å². The molecule has 5 heteroatoms. The van der Waals surface area contributed by atoms with Gasteiger partial charge in [-0.15, -0.1) is 0 Å². The number of rotatable bonds is 1. The molecule has 2 spiro atoms. The summed E-state index contributed by atoms with van der Waals surface area (Å²) >= 11 is 0. The van der Waals surface area contributed by atoms with Crippen LogP contribution in [0.15, 0.2) is 205 Å². The Balaban J connectivity index is 1.01. The highest BCUT2D eigenvalue weighted by molar-refractivity contribution is 6.17. The Morgan fingerprint density at radius 2 is 1.00 bits per heavy atom. The maximum absolute atomic E-state index is 7.22. The van der Waals surface area contributed by atoms with Crippen LogP contribution in [0, 0.1) is 0 Å². The molecule has 0 radical (unpaired) electrons. The van der Waals surface area contributed by atoms with Gasteiger partial charge in [-0.25, -0.2) is 0 Å². The molecule has 0 amide bonds. The summed E-state index contributed by atoms with van der Waals surface area (Å²) in [5, 5.41) is 4.57. The van der Waals surface area contributed by atoms with Gasteiger partial charge in [-0.3, -0.25) is 9.97 Å². The third-order valence-electron chi connectivity index (χ3n) is 15.2. The summed E-state index contributed by atoms with van der Waals surface area (Å²) in [6.07, 6.45) is 3.92. The number of furan rings is 1. The number of fused-ring (bicyclic) bond motifs is 25. The van der Waals surface area contributed by atoms with Gasteiger partial charge in [-0.1, -0.05) is 133 Å². The Hall–Kier alpha value is -8.54. The van der Waals surface area contributed by atoms with Gasteiger partial charge in [-0.05, 0) is 98.6 Å². The van der Waals surface area contributed by atoms with Gasteiger partial charge in [-0.2, -0.15) is 0 Å². The number of ether oxygens (including phenoxy) is 1. The van der Waals surface area contributed by atoms with Crippen molar-refractivity contribution in [3.63, 3.8) is 0 Å². The van der Waals surface area contributed by atoms with E-state index in [0.29, 0.717) is 0 Å². The van der Waals surface area contributed by atoms with Crippen LogP contribution in [0.25, 0.3) is 83.1 Å². The molecule has 12 aromatic rings. The van der Waals surface area contributed by atoms with Crippen LogP contribution in [-0.4, -0.2) is 14.5 Å². The van der Waals surface area contributed by atoms with Crippen LogP contribution < -0.4 is 4.74 Å². The molecule has 0 saturated heterocycles. The van der Waals surface area contributed by atoms with E-state index in [1.54, 1.807) is 0 Å². The van der Waals surface area contributed by atoms with Crippen LogP contribution in [0.1, 0.15) is 44.5 Å². The second kappa shape index (κ2) is 11.7. The van der Waals surface area contributed by atoms with Gasteiger partial charge in [0, 0.05) is 50.5 Å². The summed E-state index contributed by atoms with van der Waals surface area (Å²) in [7, 11) is 0. The first kappa shape index (κ1) is 34.0. The summed E-state index contributed by atoms with van der Waals surface area (Å²) in [6.45, 7) is 0. The van der Waals surface area contributed by atoms with E-state index >= 15 is 0 Å². The normalized spacial score (nSPS) is 16.3. The van der Waals surface area contributed by atoms with E-state index < -0.39 is 10.8 Å². The quantitative estimate of drug-likeness (QED) is 0.165. The molecular formula is C60H33N3O2. The van der Waals surface area contributed by atoms with Crippen molar-refractivity contribution in [2.75, 3.05) is 0 Å². The number of para-hydroxylation sites is 3. The number of benzene rings is 8. The van der Waals surface area contributed by atoms with Gasteiger partial charge in [0.25, 0.3) is 0 Å². The smallest absolute Gasteiger partial charge is 0.137 e. The van der Waals surface area contributed by atoms with Crippen molar-refractivity contribution in [3.05, 3.63) is 245 Å². The zero-order valence-corrected chi connectivity index (χ0v) is 34.7. The predicted octanol–water partition coefficient (Wildman–Crippen LogP) is 14.3. The molecule has 1 unspecified atom stereocenters. The van der Waals surface area contributed by atoms with Gasteiger partial charge in [0.15, 0.2) is 0 Å². The van der Waals surface area contributed by atoms with Crippen molar-refractivity contribution in [3.8, 4) is 50.8 Å². The van der Waals surface area contributed by atoms with E-state index in [-0.39, 0.29) is 0 Å². The summed E-state index contributed by atoms with van der Waals surface area (Å²) in [5.41, 5.74) is 19.8. The second-order valence-electron chi connectivity index (χ2n) is 17.9. The third kappa shape index (κ3) is 3.91. The Morgan fingerprint density at radius 1 is 0.369 bits per heavy atom. The lowest BCUT2D eigenvalue weighted by Crippen LogP contribution is -2.33. The lowest BCUT2D eigenvalue weighted by molar-refractivity contribution is 0.435. The average Bonchev–Trinajstić information content (AvgIpc) is 4.13. The lowest BCUT2D eigenvalue weighted by Gasteiger charge is -2.40. The van der Waals surface area contributed by atoms with Gasteiger partial charge in [0.2, 0.25) is 0 Å². The molecule has 65 heavy (non-hydrogen) atoms. The highest BCUT2D eigenvalue weighted by Crippen LogP contribution is 2.67. The van der Waals surface area contributed by atoms with Gasteiger partial charge >= 0.3 is 0 Å². The molecule has 0 N–H and O–H groups in total. The molecular weight excluding hydrogens is 795 g/mol. The van der Waals surface area contributed by atoms with E-state index in [2.05, 4.69) is 180 Å². The van der Waals surface area contributed by atoms with E-state index in [9.17, 15) is 0 Å². The molecule has 5 nitrogen and oxygen atoms in total. The van der Waals surface area contributed by atoms with E-state index in [0.717, 1.165) is 83.8 Å². The molecule has 0 fully saturated rings. The molecule has 1 atom stereocenters. The van der Waals surface area contributed by atoms with E-state index in [4.69, 9.17) is 19.1 Å². The fourth-order valence-electron chi connectivity index (χ4n) is 12.8. The summed E-state index contributed by atoms with van der Waals surface area (Å²) in [6, 6.07) is 68.5. The van der Waals surface area contributed by atoms with Crippen LogP contribution in [0.3, 0.4) is 0 Å². The first-order valence-electron chi connectivity index (χ1n) is 22.3. The minimum absolute atomic E-state index is 0.509. The van der Waals surface area contributed by atoms with Crippen molar-refractivity contribution in [2.24, 2.45) is 0 Å². The van der Waals surface area contributed by atoms with E-state index in [1.165, 1.54) is 55.3 Å². The highest BCUT2D eigenvalue weighted by Gasteiger charge is 2.56. The molecule has 4 aromatic heterocycles. The average molecular weight is 828 g/mol. The van der Waals surface area contributed by atoms with Crippen LogP contribution in [0.4, 0.5) is 0 Å². The first-order valence-corrected chi connectivity index (χ1v) is 22.3. The SMILES string of the molecule is c1ccc2c(c1)Oc1cc3c(cc1C21c2cccnc2-c2ncc(-n4c5ccccc5c5cc6c(cc54)oc4ccccc46)cc21)-c1ccccc1C31c2ccccc2-c2ccccc21. The molecule has 1 aliphatic heterocycles. The number of aromatic nitrogens is 3. The van der Waals surface area contributed by atoms with Crippen LogP contribution in [0.5, 0.6) is 11.5 Å². The minimum atomic E-state index is -0.803. The molecule has 300 valence electrons. The Labute approximate surface area is 372 Å². The van der Waals surface area contributed by atoms with Crippen molar-refractivity contribution in [1.29, 1.82) is 0 Å². The predicted molar refractivity (Wildman–Crippen MR) is 257 cm³/mol. The summed E-state index contributed by atoms with van der Waals surface area (Å²) in [4.78, 5) is 10.6. The molecule has 5 heterocycles. The third-order valence-corrected chi connectivity index (χ3v) is 15.2. The summed E-state index contributed by atoms with van der Waals surface area (Å²) in [5.74, 6) is 1.67. The standard InChI is InChI=1S/C60H33N3O2/c1-6-19-43-35(14-1)36-15-2-7-20-44(36)59(43)45-21-8-3-16-37(45)40-30-49-56(31-48(40)59)65-54-26-12-9-22-46(54)60(49)47-23-13-27-61-57(47)58-50(60)28-34(33-62-58)63-51-24-10-4-17-38(51)41-29-42-39-18-5-11-25-53(39)64-55(42)32-52(41)63/h1-33H. The Morgan fingerprint density at radius 3 is 1.80 bits per heavy atom. The molecule has 16 rings (SSSR count). The fourth-order valence-corrected chi connectivity index (χ4v) is 12.8. The first-order chi connectivity index (χ1) is 32.2. The van der Waals surface area contributed by atoms with Gasteiger partial charge in [0.05, 0.1) is 45.1 Å². The van der Waals surface area contributed by atoms with Crippen molar-refractivity contribution in [1.82, 2.24) is 14.5 Å². The fraction of sp³-hybridized carbons (Fsp3) is 0.0333. The molecule has 8 aromatic carbocycles. The van der Waals surface area contributed by atoms with Gasteiger partial charge in [0.1, 0.15) is 22.7 Å². The number of hydrogen-bond acceptors (Lipinski definition) is 4. The maximum atomic E-state index is 7.22. The van der Waals surface area contributed by atoms with Crippen molar-refractivity contribution < 1.29 is 9.15 Å². The van der Waals surface area contributed by atoms with Crippen LogP contribution in [0.2, 0.25) is 0 Å². The zero-order valence-electron chi connectivity index (χ0n) is 34.7. The zero-order chi connectivity index (χ0) is 42.2. The molecule has 0 bridgehead atoms. The topological polar surface area (TPSA) is 53.1 Å². The monoisotopic (exact) mass is 827 g/mol. The lowest BCUT2D eigenvalue weighted by atomic mass is 9.65. The largest absolute Gasteiger partial charge is 0.457 e. The maximum Gasteiger partial charge on any atom is 0.137 e. The number of pyridine rings is 2. The van der Waals surface area contributed by atoms with Crippen LogP contribution in [-0.2, 0) is 10.8 Å². The molecule has 0 saturated carbocycles. The number of nitrogens with zero attached hydrogens (tertiary/aromatic N) is 3. The van der Waals surface area contributed by atoms with Crippen molar-refractivity contribution >= 4 is 43.7 Å². The highest BCUT2D eigenvalue weighted by atomic mass is 16.5. The molecule has 3 aliphatic carbocycles. The summed E-state index contributed by atoms with van der Waals surface area (Å²) < 4.78 is 16.1. The number of hydrogen-bond donors (Lipinski definition) is 0. The second-order valence-corrected chi connectivity index (χ2v) is 17.9. The van der Waals surface area contributed by atoms with Gasteiger partial charge < -0.3 is 13.7 Å². The van der Waals surface area contributed by atoms with E-state index in [1.807, 2.05) is 24.5 Å². The minimum Gasteiger partial charge on any atom is -0.457 e. The van der Waals surface area contributed by atoms with Crippen molar-refractivity contribution in [2.45, 2.75) is 10.8 Å². The Kier molecular flexibility index (Phi) is 6.13. The Bertz CT molecular complexity index is 4090. The molecule has 4 aliphatic rings.